The molecule has 0 unspecified atom stereocenters. The minimum Gasteiger partial charge on any atom is -0.496 e. The van der Waals surface area contributed by atoms with Gasteiger partial charge in [0.1, 0.15) is 5.75 Å². The van der Waals surface area contributed by atoms with Crippen molar-refractivity contribution in [2.75, 3.05) is 25.5 Å². The lowest BCUT2D eigenvalue weighted by atomic mass is 10.0. The lowest BCUT2D eigenvalue weighted by Crippen LogP contribution is -2.48. The Hall–Kier alpha value is -2.83. The quantitative estimate of drug-likeness (QED) is 0.416. The van der Waals surface area contributed by atoms with Gasteiger partial charge in [-0.2, -0.15) is 0 Å². The zero-order chi connectivity index (χ0) is 23.0. The number of likely N-dealkylation sites (tertiary alicyclic amines) is 1. The van der Waals surface area contributed by atoms with Gasteiger partial charge < -0.3 is 15.0 Å². The molecule has 4 rings (SSSR count). The highest BCUT2D eigenvalue weighted by Crippen LogP contribution is 2.26. The third-order valence-corrected chi connectivity index (χ3v) is 6.67. The highest BCUT2D eigenvalue weighted by atomic mass is 79.9. The summed E-state index contributed by atoms with van der Waals surface area (Å²) >= 11 is 3.45. The Bertz CT molecular complexity index is 1030. The van der Waals surface area contributed by atoms with Crippen molar-refractivity contribution in [3.8, 4) is 5.75 Å². The number of amides is 2. The Morgan fingerprint density at radius 2 is 1.67 bits per heavy atom. The van der Waals surface area contributed by atoms with E-state index in [1.165, 1.54) is 5.56 Å². The molecule has 5 nitrogen and oxygen atoms in total. The topological polar surface area (TPSA) is 44.8 Å². The van der Waals surface area contributed by atoms with Gasteiger partial charge in [-0.25, -0.2) is 4.79 Å². The number of ether oxygens (including phenoxy) is 1. The minimum absolute atomic E-state index is 0.0789. The van der Waals surface area contributed by atoms with Gasteiger partial charge in [0, 0.05) is 41.4 Å². The van der Waals surface area contributed by atoms with Crippen molar-refractivity contribution < 1.29 is 9.53 Å². The molecule has 3 aromatic rings. The normalized spacial score (nSPS) is 14.6. The number of carbonyl (C=O) groups is 1. The molecule has 1 heterocycles. The van der Waals surface area contributed by atoms with Gasteiger partial charge in [0.25, 0.3) is 0 Å². The maximum atomic E-state index is 13.4. The van der Waals surface area contributed by atoms with Crippen LogP contribution in [0.15, 0.2) is 83.3 Å². The third kappa shape index (κ3) is 6.36. The number of methoxy groups -OCH3 is 1. The molecule has 1 N–H and O–H groups in total. The van der Waals surface area contributed by atoms with E-state index in [9.17, 15) is 4.79 Å². The van der Waals surface area contributed by atoms with Crippen molar-refractivity contribution in [1.29, 1.82) is 0 Å². The number of benzene rings is 3. The van der Waals surface area contributed by atoms with Crippen LogP contribution in [0.2, 0.25) is 0 Å². The molecule has 0 saturated carbocycles. The van der Waals surface area contributed by atoms with Crippen LogP contribution >= 0.6 is 15.9 Å². The van der Waals surface area contributed by atoms with Crippen LogP contribution in [-0.2, 0) is 13.1 Å². The molecule has 33 heavy (non-hydrogen) atoms. The number of rotatable bonds is 7. The van der Waals surface area contributed by atoms with E-state index in [1.54, 1.807) is 7.11 Å². The number of anilines is 1. The van der Waals surface area contributed by atoms with Crippen LogP contribution in [0.4, 0.5) is 10.5 Å². The summed E-state index contributed by atoms with van der Waals surface area (Å²) in [5.74, 6) is 0.806. The fourth-order valence-electron chi connectivity index (χ4n) is 4.34. The predicted molar refractivity (Wildman–Crippen MR) is 136 cm³/mol. The molecule has 0 aliphatic carbocycles. The van der Waals surface area contributed by atoms with Gasteiger partial charge in [-0.15, -0.1) is 0 Å². The molecule has 6 heteroatoms. The fourth-order valence-corrected chi connectivity index (χ4v) is 4.61. The number of para-hydroxylation sites is 1. The molecule has 1 aliphatic rings. The summed E-state index contributed by atoms with van der Waals surface area (Å²) in [5, 5.41) is 3.09. The van der Waals surface area contributed by atoms with Crippen LogP contribution in [-0.4, -0.2) is 42.1 Å². The van der Waals surface area contributed by atoms with Gasteiger partial charge in [0.15, 0.2) is 0 Å². The number of halogens is 1. The number of piperidine rings is 1. The Balaban J connectivity index is 1.47. The highest BCUT2D eigenvalue weighted by Gasteiger charge is 2.29. The monoisotopic (exact) mass is 507 g/mol. The Kier molecular flexibility index (Phi) is 8.02. The van der Waals surface area contributed by atoms with Gasteiger partial charge in [0.2, 0.25) is 0 Å². The van der Waals surface area contributed by atoms with Crippen LogP contribution in [0.1, 0.15) is 24.0 Å². The molecule has 1 saturated heterocycles. The van der Waals surface area contributed by atoms with E-state index in [-0.39, 0.29) is 12.1 Å². The Morgan fingerprint density at radius 3 is 2.36 bits per heavy atom. The van der Waals surface area contributed by atoms with E-state index in [2.05, 4.69) is 56.5 Å². The second kappa shape index (κ2) is 11.3. The van der Waals surface area contributed by atoms with Gasteiger partial charge in [-0.3, -0.25) is 4.90 Å². The highest BCUT2D eigenvalue weighted by molar-refractivity contribution is 9.10. The summed E-state index contributed by atoms with van der Waals surface area (Å²) in [5.41, 5.74) is 3.13. The average molecular weight is 508 g/mol. The number of hydrogen-bond donors (Lipinski definition) is 1. The van der Waals surface area contributed by atoms with Crippen LogP contribution < -0.4 is 10.1 Å². The lowest BCUT2D eigenvalue weighted by Gasteiger charge is -2.38. The zero-order valence-corrected chi connectivity index (χ0v) is 20.5. The molecule has 0 radical (unpaired) electrons. The fraction of sp³-hybridized carbons (Fsp3) is 0.296. The number of nitrogens with one attached hydrogen (secondary N) is 1. The second-order valence-electron chi connectivity index (χ2n) is 8.37. The largest absolute Gasteiger partial charge is 0.496 e. The summed E-state index contributed by atoms with van der Waals surface area (Å²) in [6.07, 6.45) is 1.88. The first-order valence-corrected chi connectivity index (χ1v) is 12.1. The molecule has 0 aromatic heterocycles. The zero-order valence-electron chi connectivity index (χ0n) is 18.9. The number of urea groups is 1. The van der Waals surface area contributed by atoms with E-state index in [0.717, 1.165) is 53.9 Å². The molecule has 0 bridgehead atoms. The Morgan fingerprint density at radius 1 is 1.00 bits per heavy atom. The second-order valence-corrected chi connectivity index (χ2v) is 9.29. The SMILES string of the molecule is COc1ccccc1CN(C(=O)Nc1ccc(Br)cc1)C1CCN(Cc2ccccc2)CC1. The average Bonchev–Trinajstić information content (AvgIpc) is 2.85. The van der Waals surface area contributed by atoms with E-state index in [0.29, 0.717) is 6.54 Å². The van der Waals surface area contributed by atoms with Crippen LogP contribution in [0.3, 0.4) is 0 Å². The first-order valence-electron chi connectivity index (χ1n) is 11.3. The molecule has 1 aliphatic heterocycles. The van der Waals surface area contributed by atoms with Crippen LogP contribution in [0.25, 0.3) is 0 Å². The maximum absolute atomic E-state index is 13.4. The van der Waals surface area contributed by atoms with Crippen LogP contribution in [0, 0.1) is 0 Å². The van der Waals surface area contributed by atoms with E-state index >= 15 is 0 Å². The smallest absolute Gasteiger partial charge is 0.322 e. The van der Waals surface area contributed by atoms with Crippen molar-refractivity contribution in [3.63, 3.8) is 0 Å². The summed E-state index contributed by atoms with van der Waals surface area (Å²) in [7, 11) is 1.67. The maximum Gasteiger partial charge on any atom is 0.322 e. The first-order chi connectivity index (χ1) is 16.1. The van der Waals surface area contributed by atoms with E-state index in [4.69, 9.17) is 4.74 Å². The molecule has 3 aromatic carbocycles. The van der Waals surface area contributed by atoms with Gasteiger partial charge in [-0.1, -0.05) is 64.5 Å². The van der Waals surface area contributed by atoms with E-state index < -0.39 is 0 Å². The molecular formula is C27H30BrN3O2. The van der Waals surface area contributed by atoms with Crippen molar-refractivity contribution in [2.24, 2.45) is 0 Å². The summed E-state index contributed by atoms with van der Waals surface area (Å²) in [6, 6.07) is 26.3. The molecule has 0 spiro atoms. The van der Waals surface area contributed by atoms with E-state index in [1.807, 2.05) is 53.4 Å². The Labute approximate surface area is 204 Å². The molecule has 0 atom stereocenters. The molecular weight excluding hydrogens is 478 g/mol. The van der Waals surface area contributed by atoms with Crippen molar-refractivity contribution in [2.45, 2.75) is 32.0 Å². The lowest BCUT2D eigenvalue weighted by molar-refractivity contribution is 0.119. The summed E-state index contributed by atoms with van der Waals surface area (Å²) in [6.45, 7) is 3.39. The predicted octanol–water partition coefficient (Wildman–Crippen LogP) is 6.16. The van der Waals surface area contributed by atoms with Gasteiger partial charge in [-0.05, 0) is 48.7 Å². The van der Waals surface area contributed by atoms with Gasteiger partial charge in [0.05, 0.1) is 13.7 Å². The number of hydrogen-bond acceptors (Lipinski definition) is 3. The molecule has 172 valence electrons. The number of carbonyl (C=O) groups excluding carboxylic acids is 1. The molecule has 2 amide bonds. The molecule has 1 fully saturated rings. The first kappa shape index (κ1) is 23.3. The standard InChI is InChI=1S/C27H30BrN3O2/c1-33-26-10-6-5-9-22(26)20-31(27(32)29-24-13-11-23(28)12-14-24)25-15-17-30(18-16-25)19-21-7-3-2-4-8-21/h2-14,25H,15-20H2,1H3,(H,29,32). The minimum atomic E-state index is -0.0789. The number of nitrogens with zero attached hydrogens (tertiary/aromatic N) is 2. The summed E-state index contributed by atoms with van der Waals surface area (Å²) in [4.78, 5) is 17.9. The van der Waals surface area contributed by atoms with Crippen molar-refractivity contribution in [1.82, 2.24) is 9.80 Å². The van der Waals surface area contributed by atoms with Crippen LogP contribution in [0.5, 0.6) is 5.75 Å². The van der Waals surface area contributed by atoms with Crippen molar-refractivity contribution in [3.05, 3.63) is 94.5 Å². The third-order valence-electron chi connectivity index (χ3n) is 6.14. The van der Waals surface area contributed by atoms with Gasteiger partial charge >= 0.3 is 6.03 Å². The van der Waals surface area contributed by atoms with Crippen molar-refractivity contribution >= 4 is 27.6 Å². The summed E-state index contributed by atoms with van der Waals surface area (Å²) < 4.78 is 6.54.